The Hall–Kier alpha value is -1.89. The number of hydrogen-bond donors (Lipinski definition) is 1. The fourth-order valence-corrected chi connectivity index (χ4v) is 3.23. The van der Waals surface area contributed by atoms with Gasteiger partial charge in [0.2, 0.25) is 0 Å². The highest BCUT2D eigenvalue weighted by atomic mass is 16.5. The minimum Gasteiger partial charge on any atom is -0.376 e. The highest BCUT2D eigenvalue weighted by Crippen LogP contribution is 2.18. The highest BCUT2D eigenvalue weighted by Gasteiger charge is 2.24. The normalized spacial score (nSPS) is 22.3. The predicted octanol–water partition coefficient (Wildman–Crippen LogP) is 0.844. The number of aromatic nitrogens is 2. The third-order valence-electron chi connectivity index (χ3n) is 4.65. The SMILES string of the molecule is O=C(NCC1CCCO1)N1CCC(Cn2cnccc2=O)CC1. The first-order valence-electron chi connectivity index (χ1n) is 8.37. The van der Waals surface area contributed by atoms with Gasteiger partial charge in [0.25, 0.3) is 5.56 Å². The van der Waals surface area contributed by atoms with Crippen LogP contribution < -0.4 is 10.9 Å². The highest BCUT2D eigenvalue weighted by molar-refractivity contribution is 5.74. The summed E-state index contributed by atoms with van der Waals surface area (Å²) in [5, 5.41) is 2.96. The number of nitrogens with zero attached hydrogens (tertiary/aromatic N) is 3. The van der Waals surface area contributed by atoms with Gasteiger partial charge in [-0.15, -0.1) is 0 Å². The van der Waals surface area contributed by atoms with E-state index in [9.17, 15) is 9.59 Å². The lowest BCUT2D eigenvalue weighted by molar-refractivity contribution is 0.107. The predicted molar refractivity (Wildman–Crippen MR) is 85.2 cm³/mol. The van der Waals surface area contributed by atoms with Gasteiger partial charge in [0.15, 0.2) is 0 Å². The number of ether oxygens (including phenoxy) is 1. The topological polar surface area (TPSA) is 76.5 Å². The van der Waals surface area contributed by atoms with E-state index in [0.29, 0.717) is 19.0 Å². The van der Waals surface area contributed by atoms with Gasteiger partial charge in [-0.25, -0.2) is 9.78 Å². The van der Waals surface area contributed by atoms with Crippen molar-refractivity contribution in [3.63, 3.8) is 0 Å². The molecule has 0 bridgehead atoms. The van der Waals surface area contributed by atoms with Crippen molar-refractivity contribution in [3.05, 3.63) is 28.9 Å². The van der Waals surface area contributed by atoms with Crippen LogP contribution in [-0.2, 0) is 11.3 Å². The van der Waals surface area contributed by atoms with Crippen LogP contribution >= 0.6 is 0 Å². The van der Waals surface area contributed by atoms with Crippen molar-refractivity contribution in [2.75, 3.05) is 26.2 Å². The molecule has 1 atom stereocenters. The van der Waals surface area contributed by atoms with Crippen molar-refractivity contribution >= 4 is 6.03 Å². The van der Waals surface area contributed by atoms with E-state index in [0.717, 1.165) is 45.4 Å². The number of carbonyl (C=O) groups is 1. The largest absolute Gasteiger partial charge is 0.376 e. The summed E-state index contributed by atoms with van der Waals surface area (Å²) < 4.78 is 7.16. The first-order chi connectivity index (χ1) is 11.2. The molecule has 23 heavy (non-hydrogen) atoms. The smallest absolute Gasteiger partial charge is 0.317 e. The summed E-state index contributed by atoms with van der Waals surface area (Å²) in [5.74, 6) is 0.416. The Kier molecular flexibility index (Phi) is 5.27. The molecule has 7 nitrogen and oxygen atoms in total. The fraction of sp³-hybridized carbons (Fsp3) is 0.688. The Balaban J connectivity index is 1.42. The molecule has 2 amide bonds. The van der Waals surface area contributed by atoms with Crippen LogP contribution in [0.1, 0.15) is 25.7 Å². The maximum absolute atomic E-state index is 12.2. The molecule has 2 saturated heterocycles. The minimum atomic E-state index is -0.0169. The molecular weight excluding hydrogens is 296 g/mol. The number of urea groups is 1. The van der Waals surface area contributed by atoms with E-state index in [1.165, 1.54) is 12.3 Å². The molecule has 2 fully saturated rings. The molecule has 0 saturated carbocycles. The van der Waals surface area contributed by atoms with Crippen LogP contribution in [0.25, 0.3) is 0 Å². The summed E-state index contributed by atoms with van der Waals surface area (Å²) in [6, 6.07) is 1.48. The Morgan fingerprint density at radius 1 is 1.35 bits per heavy atom. The number of rotatable bonds is 4. The molecular formula is C16H24N4O3. The number of nitrogens with one attached hydrogen (secondary N) is 1. The van der Waals surface area contributed by atoms with Crippen LogP contribution in [0.5, 0.6) is 0 Å². The van der Waals surface area contributed by atoms with E-state index in [4.69, 9.17) is 4.74 Å². The molecule has 2 aliphatic rings. The zero-order chi connectivity index (χ0) is 16.1. The molecule has 0 aromatic carbocycles. The average molecular weight is 320 g/mol. The lowest BCUT2D eigenvalue weighted by Crippen LogP contribution is -2.46. The van der Waals surface area contributed by atoms with Crippen LogP contribution in [-0.4, -0.2) is 52.8 Å². The van der Waals surface area contributed by atoms with Gasteiger partial charge in [0, 0.05) is 45.0 Å². The summed E-state index contributed by atoms with van der Waals surface area (Å²) in [6.45, 7) is 3.55. The van der Waals surface area contributed by atoms with Gasteiger partial charge in [-0.05, 0) is 31.6 Å². The van der Waals surface area contributed by atoms with Gasteiger partial charge in [0.1, 0.15) is 0 Å². The Morgan fingerprint density at radius 3 is 2.87 bits per heavy atom. The zero-order valence-corrected chi connectivity index (χ0v) is 13.3. The fourth-order valence-electron chi connectivity index (χ4n) is 3.23. The van der Waals surface area contributed by atoms with Crippen LogP contribution in [0.4, 0.5) is 4.79 Å². The molecule has 0 radical (unpaired) electrons. The van der Waals surface area contributed by atoms with Crippen molar-refractivity contribution in [1.29, 1.82) is 0 Å². The van der Waals surface area contributed by atoms with Crippen molar-refractivity contribution in [2.24, 2.45) is 5.92 Å². The number of hydrogen-bond acceptors (Lipinski definition) is 4. The van der Waals surface area contributed by atoms with E-state index >= 15 is 0 Å². The quantitative estimate of drug-likeness (QED) is 0.892. The van der Waals surface area contributed by atoms with Gasteiger partial charge in [-0.3, -0.25) is 9.36 Å². The van der Waals surface area contributed by atoms with Crippen molar-refractivity contribution in [2.45, 2.75) is 38.3 Å². The van der Waals surface area contributed by atoms with Gasteiger partial charge >= 0.3 is 6.03 Å². The van der Waals surface area contributed by atoms with E-state index in [1.54, 1.807) is 10.9 Å². The first-order valence-corrected chi connectivity index (χ1v) is 8.37. The van der Waals surface area contributed by atoms with E-state index in [1.807, 2.05) is 4.90 Å². The Labute approximate surface area is 135 Å². The van der Waals surface area contributed by atoms with Gasteiger partial charge in [-0.1, -0.05) is 0 Å². The van der Waals surface area contributed by atoms with E-state index in [-0.39, 0.29) is 17.7 Å². The molecule has 1 aromatic rings. The Morgan fingerprint density at radius 2 is 2.17 bits per heavy atom. The molecule has 7 heteroatoms. The summed E-state index contributed by atoms with van der Waals surface area (Å²) in [6.07, 6.45) is 7.21. The Bertz CT molecular complexity index is 575. The molecule has 1 unspecified atom stereocenters. The third kappa shape index (κ3) is 4.31. The monoisotopic (exact) mass is 320 g/mol. The van der Waals surface area contributed by atoms with E-state index in [2.05, 4.69) is 10.3 Å². The second kappa shape index (κ2) is 7.59. The minimum absolute atomic E-state index is 0.00232. The van der Waals surface area contributed by atoms with E-state index < -0.39 is 0 Å². The van der Waals surface area contributed by atoms with Crippen LogP contribution in [0.15, 0.2) is 23.4 Å². The first kappa shape index (κ1) is 16.0. The van der Waals surface area contributed by atoms with Crippen LogP contribution in [0.3, 0.4) is 0 Å². The summed E-state index contributed by atoms with van der Waals surface area (Å²) in [5.41, 5.74) is -0.0169. The molecule has 1 N–H and O–H groups in total. The summed E-state index contributed by atoms with van der Waals surface area (Å²) in [7, 11) is 0. The lowest BCUT2D eigenvalue weighted by Gasteiger charge is -2.32. The van der Waals surface area contributed by atoms with Crippen molar-refractivity contribution in [1.82, 2.24) is 19.8 Å². The van der Waals surface area contributed by atoms with Gasteiger partial charge in [-0.2, -0.15) is 0 Å². The molecule has 3 heterocycles. The number of likely N-dealkylation sites (tertiary alicyclic amines) is 1. The summed E-state index contributed by atoms with van der Waals surface area (Å²) in [4.78, 5) is 29.7. The summed E-state index contributed by atoms with van der Waals surface area (Å²) >= 11 is 0. The molecule has 126 valence electrons. The standard InChI is InChI=1S/C16H24N4O3/c21-15-3-6-17-12-20(15)11-13-4-7-19(8-5-13)16(22)18-10-14-2-1-9-23-14/h3,6,12-14H,1-2,4-5,7-11H2,(H,18,22). The van der Waals surface area contributed by atoms with Gasteiger partial charge < -0.3 is 15.0 Å². The lowest BCUT2D eigenvalue weighted by atomic mass is 9.97. The van der Waals surface area contributed by atoms with Crippen molar-refractivity contribution in [3.8, 4) is 0 Å². The number of carbonyl (C=O) groups excluding carboxylic acids is 1. The maximum atomic E-state index is 12.2. The molecule has 1 aromatic heterocycles. The third-order valence-corrected chi connectivity index (χ3v) is 4.65. The maximum Gasteiger partial charge on any atom is 0.317 e. The zero-order valence-electron chi connectivity index (χ0n) is 13.3. The molecule has 0 aliphatic carbocycles. The number of piperidine rings is 1. The van der Waals surface area contributed by atoms with Crippen molar-refractivity contribution < 1.29 is 9.53 Å². The van der Waals surface area contributed by atoms with Gasteiger partial charge in [0.05, 0.1) is 12.4 Å². The molecule has 3 rings (SSSR count). The molecule has 2 aliphatic heterocycles. The molecule has 0 spiro atoms. The number of amides is 2. The van der Waals surface area contributed by atoms with Crippen LogP contribution in [0.2, 0.25) is 0 Å². The average Bonchev–Trinajstić information content (AvgIpc) is 3.09. The van der Waals surface area contributed by atoms with Crippen LogP contribution in [0, 0.1) is 5.92 Å². The second-order valence-corrected chi connectivity index (χ2v) is 6.32. The second-order valence-electron chi connectivity index (χ2n) is 6.32.